The van der Waals surface area contributed by atoms with Crippen LogP contribution in [0.4, 0.5) is 0 Å². The molecule has 0 radical (unpaired) electrons. The number of aryl methyl sites for hydroxylation is 1. The maximum atomic E-state index is 4.30. The summed E-state index contributed by atoms with van der Waals surface area (Å²) in [5.41, 5.74) is 15.3. The second kappa shape index (κ2) is 14.0. The summed E-state index contributed by atoms with van der Waals surface area (Å²) in [5, 5.41) is 2.36. The summed E-state index contributed by atoms with van der Waals surface area (Å²) >= 11 is 0. The Labute approximate surface area is 259 Å². The van der Waals surface area contributed by atoms with E-state index >= 15 is 0 Å². The van der Waals surface area contributed by atoms with Crippen molar-refractivity contribution in [1.82, 2.24) is 0 Å². The highest BCUT2D eigenvalue weighted by molar-refractivity contribution is 6.12. The average molecular weight is 561 g/mol. The highest BCUT2D eigenvalue weighted by Crippen LogP contribution is 2.45. The molecule has 0 spiro atoms. The second-order valence-electron chi connectivity index (χ2n) is 10.9. The molecule has 4 aromatic rings. The van der Waals surface area contributed by atoms with E-state index in [-0.39, 0.29) is 0 Å². The van der Waals surface area contributed by atoms with Gasteiger partial charge in [0.1, 0.15) is 0 Å². The predicted octanol–water partition coefficient (Wildman–Crippen LogP) is 13.0. The van der Waals surface area contributed by atoms with E-state index in [1.807, 2.05) is 24.3 Å². The molecule has 0 fully saturated rings. The van der Waals surface area contributed by atoms with Crippen molar-refractivity contribution >= 4 is 40.6 Å². The van der Waals surface area contributed by atoms with Gasteiger partial charge in [0.05, 0.1) is 0 Å². The largest absolute Gasteiger partial charge is 0.0984 e. The van der Waals surface area contributed by atoms with Crippen LogP contribution in [0.1, 0.15) is 74.4 Å². The molecule has 43 heavy (non-hydrogen) atoms. The molecule has 0 saturated heterocycles. The predicted molar refractivity (Wildman–Crippen MR) is 196 cm³/mol. The Hall–Kier alpha value is -4.68. The molecule has 4 rings (SSSR count). The minimum absolute atomic E-state index is 0.934. The van der Waals surface area contributed by atoms with Crippen LogP contribution in [0.25, 0.3) is 62.9 Å². The van der Waals surface area contributed by atoms with Crippen molar-refractivity contribution in [1.29, 1.82) is 0 Å². The first-order valence-electron chi connectivity index (χ1n) is 15.2. The van der Waals surface area contributed by atoms with Crippen LogP contribution < -0.4 is 0 Å². The lowest BCUT2D eigenvalue weighted by Gasteiger charge is -2.22. The minimum Gasteiger partial charge on any atom is -0.0984 e. The highest BCUT2D eigenvalue weighted by Gasteiger charge is 2.21. The van der Waals surface area contributed by atoms with Crippen LogP contribution in [0.3, 0.4) is 0 Å². The van der Waals surface area contributed by atoms with Gasteiger partial charge >= 0.3 is 0 Å². The molecule has 0 aliphatic heterocycles. The normalized spacial score (nSPS) is 12.3. The molecule has 0 nitrogen and oxygen atoms in total. The van der Waals surface area contributed by atoms with Gasteiger partial charge in [0, 0.05) is 0 Å². The van der Waals surface area contributed by atoms with E-state index in [4.69, 9.17) is 0 Å². The fraction of sp³-hybridized carbons (Fsp3) is 0.163. The van der Waals surface area contributed by atoms with E-state index in [1.165, 1.54) is 44.2 Å². The Bertz CT molecular complexity index is 1800. The topological polar surface area (TPSA) is 0 Å². The van der Waals surface area contributed by atoms with Gasteiger partial charge in [-0.05, 0) is 111 Å². The third-order valence-electron chi connectivity index (χ3n) is 8.41. The lowest BCUT2D eigenvalue weighted by Crippen LogP contribution is -1.99. The number of benzene rings is 4. The fourth-order valence-electron chi connectivity index (χ4n) is 6.10. The van der Waals surface area contributed by atoms with Crippen LogP contribution in [0.15, 0.2) is 116 Å². The summed E-state index contributed by atoms with van der Waals surface area (Å²) in [6, 6.07) is 22.1. The van der Waals surface area contributed by atoms with Gasteiger partial charge in [-0.3, -0.25) is 0 Å². The monoisotopic (exact) mass is 560 g/mol. The standard InChI is InChI=1S/C43H44/c1-10-19-30(9)41(28-29(8)11-2)32-22-24-33(25-23-32)42-36(15-6)37(16-7)43(39-21-18-17-20-38(39)42)40-27-26-31(12-3)34(13-4)35(40)14-5/h10,13-28H,4-7,11-12H2,1-3,8-9H3/b19-10-,29-28+,41-30+. The van der Waals surface area contributed by atoms with Gasteiger partial charge in [-0.1, -0.05) is 149 Å². The first-order valence-corrected chi connectivity index (χ1v) is 15.2. The summed E-state index contributed by atoms with van der Waals surface area (Å²) in [6.45, 7) is 27.8. The molecule has 0 aliphatic rings. The minimum atomic E-state index is 0.934. The van der Waals surface area contributed by atoms with Crippen molar-refractivity contribution in [3.05, 3.63) is 150 Å². The summed E-state index contributed by atoms with van der Waals surface area (Å²) in [4.78, 5) is 0. The van der Waals surface area contributed by atoms with Gasteiger partial charge in [-0.25, -0.2) is 0 Å². The third kappa shape index (κ3) is 5.97. The van der Waals surface area contributed by atoms with Crippen LogP contribution in [-0.2, 0) is 6.42 Å². The lowest BCUT2D eigenvalue weighted by atomic mass is 9.81. The van der Waals surface area contributed by atoms with Gasteiger partial charge in [0.15, 0.2) is 0 Å². The van der Waals surface area contributed by atoms with E-state index in [2.05, 4.69) is 140 Å². The molecular weight excluding hydrogens is 516 g/mol. The lowest BCUT2D eigenvalue weighted by molar-refractivity contribution is 1.10. The van der Waals surface area contributed by atoms with Crippen LogP contribution in [0, 0.1) is 0 Å². The first-order chi connectivity index (χ1) is 20.9. The first kappa shape index (κ1) is 31.3. The maximum absolute atomic E-state index is 4.30. The zero-order valence-electron chi connectivity index (χ0n) is 26.6. The Morgan fingerprint density at radius 1 is 0.674 bits per heavy atom. The quantitative estimate of drug-likeness (QED) is 0.160. The van der Waals surface area contributed by atoms with Crippen LogP contribution in [-0.4, -0.2) is 0 Å². The van der Waals surface area contributed by atoms with Gasteiger partial charge in [0.2, 0.25) is 0 Å². The van der Waals surface area contributed by atoms with Crippen molar-refractivity contribution in [2.75, 3.05) is 0 Å². The van der Waals surface area contributed by atoms with E-state index in [0.717, 1.165) is 51.8 Å². The average Bonchev–Trinajstić information content (AvgIpc) is 3.05. The Morgan fingerprint density at radius 2 is 1.26 bits per heavy atom. The maximum Gasteiger partial charge on any atom is -0.00204 e. The number of rotatable bonds is 11. The summed E-state index contributed by atoms with van der Waals surface area (Å²) in [7, 11) is 0. The number of hydrogen-bond donors (Lipinski definition) is 0. The van der Waals surface area contributed by atoms with Gasteiger partial charge < -0.3 is 0 Å². The van der Waals surface area contributed by atoms with Gasteiger partial charge in [0.25, 0.3) is 0 Å². The zero-order valence-corrected chi connectivity index (χ0v) is 26.6. The smallest absolute Gasteiger partial charge is 0.00204 e. The molecule has 4 aromatic carbocycles. The van der Waals surface area contributed by atoms with Gasteiger partial charge in [-0.15, -0.1) is 0 Å². The Balaban J connectivity index is 2.05. The van der Waals surface area contributed by atoms with Crippen molar-refractivity contribution in [2.24, 2.45) is 0 Å². The zero-order chi connectivity index (χ0) is 31.1. The molecule has 0 N–H and O–H groups in total. The molecule has 0 aromatic heterocycles. The molecule has 0 aliphatic carbocycles. The number of fused-ring (bicyclic) bond motifs is 1. The highest BCUT2D eigenvalue weighted by atomic mass is 14.2. The van der Waals surface area contributed by atoms with E-state index in [1.54, 1.807) is 0 Å². The molecule has 0 bridgehead atoms. The molecule has 0 amide bonds. The molecule has 0 unspecified atom stereocenters. The van der Waals surface area contributed by atoms with Crippen molar-refractivity contribution in [3.8, 4) is 22.3 Å². The van der Waals surface area contributed by atoms with Crippen molar-refractivity contribution < 1.29 is 0 Å². The van der Waals surface area contributed by atoms with Crippen LogP contribution in [0.2, 0.25) is 0 Å². The molecule has 0 saturated carbocycles. The van der Waals surface area contributed by atoms with Gasteiger partial charge in [-0.2, -0.15) is 0 Å². The molecular formula is C43H44. The van der Waals surface area contributed by atoms with Crippen molar-refractivity contribution in [2.45, 2.75) is 47.5 Å². The number of hydrogen-bond acceptors (Lipinski definition) is 0. The Morgan fingerprint density at radius 3 is 1.79 bits per heavy atom. The molecule has 0 atom stereocenters. The summed E-state index contributed by atoms with van der Waals surface area (Å²) in [6.07, 6.45) is 16.4. The van der Waals surface area contributed by atoms with E-state index in [0.29, 0.717) is 0 Å². The van der Waals surface area contributed by atoms with Crippen LogP contribution >= 0.6 is 0 Å². The summed E-state index contributed by atoms with van der Waals surface area (Å²) in [5.74, 6) is 0. The third-order valence-corrected chi connectivity index (χ3v) is 8.41. The SMILES string of the molecule is C=Cc1c(CC)ccc(-c2c(C=C)c(C=C)c(-c3ccc(C(/C=C(\C)CC)=C(C)/C=C\C)cc3)c3ccccc23)c1C=C. The fourth-order valence-corrected chi connectivity index (χ4v) is 6.10. The van der Waals surface area contributed by atoms with E-state index < -0.39 is 0 Å². The van der Waals surface area contributed by atoms with Crippen molar-refractivity contribution in [3.63, 3.8) is 0 Å². The Kier molecular flexibility index (Phi) is 10.2. The second-order valence-corrected chi connectivity index (χ2v) is 10.9. The van der Waals surface area contributed by atoms with E-state index in [9.17, 15) is 0 Å². The van der Waals surface area contributed by atoms with Crippen LogP contribution in [0.5, 0.6) is 0 Å². The number of allylic oxidation sites excluding steroid dienone is 6. The summed E-state index contributed by atoms with van der Waals surface area (Å²) < 4.78 is 0. The molecule has 216 valence electrons. The molecule has 0 heterocycles. The molecule has 0 heteroatoms.